The molecule has 1 saturated carbocycles. The number of amides is 3. The molecule has 1 aliphatic carbocycles. The number of likely N-dealkylation sites (N-methyl/N-ethyl adjacent to an activating group) is 1. The van der Waals surface area contributed by atoms with Crippen LogP contribution in [0.2, 0.25) is 0 Å². The fraction of sp³-hybridized carbons (Fsp3) is 0.375. The van der Waals surface area contributed by atoms with E-state index >= 15 is 0 Å². The lowest BCUT2D eigenvalue weighted by atomic mass is 9.92. The number of nitrogens with one attached hydrogen (secondary N) is 3. The Morgan fingerprint density at radius 2 is 2.15 bits per heavy atom. The van der Waals surface area contributed by atoms with Crippen molar-refractivity contribution < 1.29 is 18.8 Å². The first kappa shape index (κ1) is 18.6. The first-order chi connectivity index (χ1) is 13.0. The van der Waals surface area contributed by atoms with E-state index < -0.39 is 23.2 Å². The van der Waals surface area contributed by atoms with Crippen molar-refractivity contribution in [3.8, 4) is 5.82 Å². The summed E-state index contributed by atoms with van der Waals surface area (Å²) in [7, 11) is 1.60. The van der Waals surface area contributed by atoms with Crippen LogP contribution in [0.15, 0.2) is 24.5 Å². The van der Waals surface area contributed by atoms with E-state index in [0.29, 0.717) is 6.41 Å². The molecule has 0 bridgehead atoms. The van der Waals surface area contributed by atoms with Crippen LogP contribution in [-0.4, -0.2) is 57.3 Å². The highest BCUT2D eigenvalue weighted by Crippen LogP contribution is 2.39. The standard InChI is InChI=1S/C16H18FN7O3/c1-18-16(10-2-3-10,15(27)21-9-25)8-20-14(26)12-7-22-24(23-12)13-5-4-11(17)6-19-13/h4-7,9-10,18H,2-3,8H2,1H3,(H,20,26)(H,21,25,27). The van der Waals surface area contributed by atoms with Crippen LogP contribution in [0.3, 0.4) is 0 Å². The van der Waals surface area contributed by atoms with E-state index in [-0.39, 0.29) is 24.0 Å². The number of aromatic nitrogens is 4. The summed E-state index contributed by atoms with van der Waals surface area (Å²) in [5, 5.41) is 15.7. The minimum atomic E-state index is -1.08. The number of rotatable bonds is 8. The fourth-order valence-electron chi connectivity index (χ4n) is 2.85. The summed E-state index contributed by atoms with van der Waals surface area (Å²) >= 11 is 0. The SMILES string of the molecule is CNC(CNC(=O)c1cnn(-c2ccc(F)cn2)n1)(C(=O)NC=O)C1CC1. The molecule has 0 spiro atoms. The molecular formula is C16H18FN7O3. The van der Waals surface area contributed by atoms with Gasteiger partial charge in [0.25, 0.3) is 5.91 Å². The second kappa shape index (κ2) is 7.58. The predicted octanol–water partition coefficient (Wildman–Crippen LogP) is -0.828. The van der Waals surface area contributed by atoms with E-state index in [9.17, 15) is 18.8 Å². The fourth-order valence-corrected chi connectivity index (χ4v) is 2.85. The van der Waals surface area contributed by atoms with Gasteiger partial charge in [0.05, 0.1) is 12.4 Å². The zero-order valence-corrected chi connectivity index (χ0v) is 14.5. The maximum Gasteiger partial charge on any atom is 0.273 e. The largest absolute Gasteiger partial charge is 0.348 e. The van der Waals surface area contributed by atoms with Crippen molar-refractivity contribution in [3.63, 3.8) is 0 Å². The summed E-state index contributed by atoms with van der Waals surface area (Å²) in [6, 6.07) is 2.58. The van der Waals surface area contributed by atoms with Crippen molar-refractivity contribution in [1.82, 2.24) is 35.9 Å². The van der Waals surface area contributed by atoms with E-state index in [2.05, 4.69) is 31.1 Å². The molecule has 1 aliphatic rings. The Hall–Kier alpha value is -3.21. The van der Waals surface area contributed by atoms with Crippen LogP contribution < -0.4 is 16.0 Å². The minimum absolute atomic E-state index is 0.0118. The Kier molecular flexibility index (Phi) is 5.21. The maximum absolute atomic E-state index is 12.9. The molecule has 1 atom stereocenters. The van der Waals surface area contributed by atoms with Gasteiger partial charge in [-0.3, -0.25) is 19.7 Å². The summed E-state index contributed by atoms with van der Waals surface area (Å²) in [4.78, 5) is 40.3. The lowest BCUT2D eigenvalue weighted by Gasteiger charge is -2.31. The highest BCUT2D eigenvalue weighted by Gasteiger charge is 2.50. The van der Waals surface area contributed by atoms with Gasteiger partial charge in [0, 0.05) is 6.54 Å². The third kappa shape index (κ3) is 3.82. The summed E-state index contributed by atoms with van der Waals surface area (Å²) in [6.07, 6.45) is 4.20. The summed E-state index contributed by atoms with van der Waals surface area (Å²) in [5.41, 5.74) is -1.07. The summed E-state index contributed by atoms with van der Waals surface area (Å²) in [6.45, 7) is -0.0195. The predicted molar refractivity (Wildman–Crippen MR) is 90.2 cm³/mol. The molecule has 27 heavy (non-hydrogen) atoms. The molecule has 2 aromatic heterocycles. The number of hydrogen-bond donors (Lipinski definition) is 3. The van der Waals surface area contributed by atoms with Crippen molar-refractivity contribution in [3.05, 3.63) is 36.0 Å². The van der Waals surface area contributed by atoms with Crippen LogP contribution in [0.5, 0.6) is 0 Å². The Morgan fingerprint density at radius 3 is 2.74 bits per heavy atom. The molecule has 0 saturated heterocycles. The first-order valence-electron chi connectivity index (χ1n) is 8.26. The van der Waals surface area contributed by atoms with Crippen LogP contribution in [0.1, 0.15) is 23.3 Å². The molecule has 2 heterocycles. The Balaban J connectivity index is 1.70. The van der Waals surface area contributed by atoms with E-state index in [4.69, 9.17) is 0 Å². The molecule has 1 unspecified atom stereocenters. The molecule has 10 nitrogen and oxygen atoms in total. The third-order valence-corrected chi connectivity index (χ3v) is 4.48. The molecule has 142 valence electrons. The molecule has 0 radical (unpaired) electrons. The Labute approximate surface area is 153 Å². The van der Waals surface area contributed by atoms with E-state index in [1.807, 2.05) is 0 Å². The van der Waals surface area contributed by atoms with E-state index in [1.54, 1.807) is 7.05 Å². The first-order valence-corrected chi connectivity index (χ1v) is 8.26. The molecule has 0 aliphatic heterocycles. The smallest absolute Gasteiger partial charge is 0.273 e. The summed E-state index contributed by atoms with van der Waals surface area (Å²) in [5.74, 6) is -1.27. The van der Waals surface area contributed by atoms with Gasteiger partial charge in [-0.2, -0.15) is 5.10 Å². The van der Waals surface area contributed by atoms with Crippen molar-refractivity contribution in [1.29, 1.82) is 0 Å². The monoisotopic (exact) mass is 375 g/mol. The van der Waals surface area contributed by atoms with Gasteiger partial charge in [-0.15, -0.1) is 9.90 Å². The number of pyridine rings is 1. The summed E-state index contributed by atoms with van der Waals surface area (Å²) < 4.78 is 12.9. The molecule has 3 amide bonds. The van der Waals surface area contributed by atoms with E-state index in [1.165, 1.54) is 18.3 Å². The molecule has 0 aromatic carbocycles. The number of nitrogens with zero attached hydrogens (tertiary/aromatic N) is 4. The quantitative estimate of drug-likeness (QED) is 0.513. The Morgan fingerprint density at radius 1 is 1.37 bits per heavy atom. The van der Waals surface area contributed by atoms with Crippen LogP contribution in [0.25, 0.3) is 5.82 Å². The lowest BCUT2D eigenvalue weighted by Crippen LogP contribution is -2.63. The Bertz CT molecular complexity index is 850. The number of imide groups is 1. The van der Waals surface area contributed by atoms with Gasteiger partial charge in [0.15, 0.2) is 11.5 Å². The second-order valence-electron chi connectivity index (χ2n) is 6.12. The highest BCUT2D eigenvalue weighted by molar-refractivity contribution is 5.96. The van der Waals surface area contributed by atoms with Crippen molar-refractivity contribution in [2.45, 2.75) is 18.4 Å². The van der Waals surface area contributed by atoms with Gasteiger partial charge >= 0.3 is 0 Å². The van der Waals surface area contributed by atoms with Crippen molar-refractivity contribution in [2.24, 2.45) is 5.92 Å². The molecule has 3 rings (SSSR count). The zero-order valence-electron chi connectivity index (χ0n) is 14.5. The average molecular weight is 375 g/mol. The molecule has 3 N–H and O–H groups in total. The van der Waals surface area contributed by atoms with Crippen molar-refractivity contribution >= 4 is 18.2 Å². The number of carbonyl (C=O) groups is 3. The van der Waals surface area contributed by atoms with E-state index in [0.717, 1.165) is 23.8 Å². The number of halogens is 1. The normalized spacial score (nSPS) is 15.6. The topological polar surface area (TPSA) is 131 Å². The third-order valence-electron chi connectivity index (χ3n) is 4.48. The lowest BCUT2D eigenvalue weighted by molar-refractivity contribution is -0.131. The molecule has 2 aromatic rings. The zero-order chi connectivity index (χ0) is 19.4. The van der Waals surface area contributed by atoms with Gasteiger partial charge in [0.2, 0.25) is 12.3 Å². The number of carbonyl (C=O) groups excluding carboxylic acids is 3. The second-order valence-corrected chi connectivity index (χ2v) is 6.12. The number of hydrogen-bond acceptors (Lipinski definition) is 7. The minimum Gasteiger partial charge on any atom is -0.348 e. The van der Waals surface area contributed by atoms with Crippen molar-refractivity contribution in [2.75, 3.05) is 13.6 Å². The van der Waals surface area contributed by atoms with Crippen LogP contribution in [-0.2, 0) is 9.59 Å². The van der Waals surface area contributed by atoms with Crippen LogP contribution in [0.4, 0.5) is 4.39 Å². The highest BCUT2D eigenvalue weighted by atomic mass is 19.1. The maximum atomic E-state index is 12.9. The van der Waals surface area contributed by atoms with Crippen LogP contribution >= 0.6 is 0 Å². The average Bonchev–Trinajstić information content (AvgIpc) is 3.40. The van der Waals surface area contributed by atoms with Gasteiger partial charge in [0.1, 0.15) is 11.4 Å². The molecule has 11 heteroatoms. The van der Waals surface area contributed by atoms with Gasteiger partial charge in [-0.25, -0.2) is 9.37 Å². The molecular weight excluding hydrogens is 357 g/mol. The van der Waals surface area contributed by atoms with Gasteiger partial charge in [-0.05, 0) is 37.9 Å². The molecule has 1 fully saturated rings. The van der Waals surface area contributed by atoms with Crippen LogP contribution in [0, 0.1) is 11.7 Å². The van der Waals surface area contributed by atoms with Gasteiger partial charge < -0.3 is 10.6 Å². The van der Waals surface area contributed by atoms with Gasteiger partial charge in [-0.1, -0.05) is 0 Å².